The molecule has 1 N–H and O–H groups in total. The summed E-state index contributed by atoms with van der Waals surface area (Å²) in [6, 6.07) is 22.4. The second-order valence-electron chi connectivity index (χ2n) is 11.8. The molecule has 0 bridgehead atoms. The molecule has 54 heavy (non-hydrogen) atoms. The zero-order valence-corrected chi connectivity index (χ0v) is 30.7. The van der Waals surface area contributed by atoms with Crippen LogP contribution in [0.5, 0.6) is 5.75 Å². The Hall–Kier alpha value is -4.19. The minimum Gasteiger partial charge on any atom is -0.491 e. The maximum atomic E-state index is 12.2. The number of non-ortho nitro benzene ring substituents is 1. The van der Waals surface area contributed by atoms with Gasteiger partial charge in [-0.05, 0) is 34.4 Å². The van der Waals surface area contributed by atoms with Gasteiger partial charge in [-0.1, -0.05) is 48.5 Å². The SMILES string of the molecule is O=C(NCCOCCOCCOCCOCCOCCOCCOCCOCCOc1ccc([N+](=O)[O-])cc1)OCC1c2ccccc2-c2ccccc21. The fraction of sp³-hybridized carbons (Fsp3) is 0.513. The van der Waals surface area contributed by atoms with Gasteiger partial charge in [0.05, 0.1) is 111 Å². The Morgan fingerprint density at radius 1 is 0.537 bits per heavy atom. The van der Waals surface area contributed by atoms with Crippen LogP contribution in [0, 0.1) is 10.1 Å². The first-order valence-corrected chi connectivity index (χ1v) is 18.2. The van der Waals surface area contributed by atoms with Crippen LogP contribution < -0.4 is 10.1 Å². The van der Waals surface area contributed by atoms with E-state index >= 15 is 0 Å². The Balaban J connectivity index is 0.808. The molecule has 0 saturated heterocycles. The number of alkyl carbamates (subject to hydrolysis) is 1. The van der Waals surface area contributed by atoms with E-state index in [1.807, 2.05) is 24.3 Å². The van der Waals surface area contributed by atoms with E-state index in [2.05, 4.69) is 29.6 Å². The first-order valence-electron chi connectivity index (χ1n) is 18.2. The van der Waals surface area contributed by atoms with Gasteiger partial charge in [-0.25, -0.2) is 4.79 Å². The van der Waals surface area contributed by atoms with Gasteiger partial charge in [0.2, 0.25) is 0 Å². The zero-order valence-electron chi connectivity index (χ0n) is 30.7. The van der Waals surface area contributed by atoms with Crippen molar-refractivity contribution in [2.24, 2.45) is 0 Å². The fourth-order valence-corrected chi connectivity index (χ4v) is 5.40. The smallest absolute Gasteiger partial charge is 0.407 e. The van der Waals surface area contributed by atoms with Crippen molar-refractivity contribution < 1.29 is 57.1 Å². The minimum atomic E-state index is -0.459. The van der Waals surface area contributed by atoms with E-state index < -0.39 is 11.0 Å². The van der Waals surface area contributed by atoms with Crippen LogP contribution in [0.4, 0.5) is 10.5 Å². The van der Waals surface area contributed by atoms with Gasteiger partial charge < -0.3 is 52.7 Å². The van der Waals surface area contributed by atoms with Gasteiger partial charge in [0.1, 0.15) is 19.0 Å². The Morgan fingerprint density at radius 3 is 1.35 bits per heavy atom. The Kier molecular flexibility index (Phi) is 20.9. The average Bonchev–Trinajstić information content (AvgIpc) is 3.51. The normalized spacial score (nSPS) is 12.0. The number of nitrogens with zero attached hydrogens (tertiary/aromatic N) is 1. The van der Waals surface area contributed by atoms with E-state index in [4.69, 9.17) is 47.4 Å². The number of rotatable bonds is 31. The molecule has 0 radical (unpaired) electrons. The summed E-state index contributed by atoms with van der Waals surface area (Å²) in [6.45, 7) is 8.04. The van der Waals surface area contributed by atoms with Gasteiger partial charge in [-0.2, -0.15) is 0 Å². The van der Waals surface area contributed by atoms with Crippen molar-refractivity contribution >= 4 is 11.8 Å². The monoisotopic (exact) mass is 756 g/mol. The molecule has 15 heteroatoms. The molecular weight excluding hydrogens is 704 g/mol. The van der Waals surface area contributed by atoms with Crippen molar-refractivity contribution in [2.75, 3.05) is 125 Å². The maximum absolute atomic E-state index is 12.2. The topological polar surface area (TPSA) is 165 Å². The van der Waals surface area contributed by atoms with Crippen molar-refractivity contribution in [3.63, 3.8) is 0 Å². The Morgan fingerprint density at radius 2 is 0.926 bits per heavy atom. The lowest BCUT2D eigenvalue weighted by molar-refractivity contribution is -0.384. The molecule has 0 heterocycles. The molecular formula is C39H52N2O13. The van der Waals surface area contributed by atoms with Crippen LogP contribution in [-0.4, -0.2) is 136 Å². The highest BCUT2D eigenvalue weighted by Crippen LogP contribution is 2.44. The molecule has 1 aliphatic rings. The first-order chi connectivity index (χ1) is 26.6. The lowest BCUT2D eigenvalue weighted by atomic mass is 9.98. The summed E-state index contributed by atoms with van der Waals surface area (Å²) in [5.41, 5.74) is 4.77. The molecule has 1 aliphatic carbocycles. The van der Waals surface area contributed by atoms with E-state index in [-0.39, 0.29) is 18.2 Å². The van der Waals surface area contributed by atoms with Gasteiger partial charge in [-0.3, -0.25) is 10.1 Å². The van der Waals surface area contributed by atoms with Crippen LogP contribution in [0.15, 0.2) is 72.8 Å². The van der Waals surface area contributed by atoms with Gasteiger partial charge in [0.25, 0.3) is 5.69 Å². The zero-order chi connectivity index (χ0) is 37.9. The quantitative estimate of drug-likeness (QED) is 0.0549. The summed E-state index contributed by atoms with van der Waals surface area (Å²) >= 11 is 0. The molecule has 3 aromatic rings. The molecule has 0 fully saturated rings. The molecule has 1 amide bonds. The summed E-state index contributed by atoms with van der Waals surface area (Å²) in [5.74, 6) is 0.582. The van der Waals surface area contributed by atoms with E-state index in [0.717, 1.165) is 0 Å². The maximum Gasteiger partial charge on any atom is 0.407 e. The number of benzene rings is 3. The van der Waals surface area contributed by atoms with Crippen molar-refractivity contribution in [3.05, 3.63) is 94.0 Å². The molecule has 15 nitrogen and oxygen atoms in total. The summed E-state index contributed by atoms with van der Waals surface area (Å²) in [4.78, 5) is 22.4. The number of amides is 1. The average molecular weight is 757 g/mol. The number of carbonyl (C=O) groups excluding carboxylic acids is 1. The molecule has 0 aliphatic heterocycles. The fourth-order valence-electron chi connectivity index (χ4n) is 5.40. The van der Waals surface area contributed by atoms with E-state index in [1.165, 1.54) is 34.4 Å². The van der Waals surface area contributed by atoms with Crippen LogP contribution in [0.25, 0.3) is 11.1 Å². The number of nitro benzene ring substituents is 1. The molecule has 296 valence electrons. The van der Waals surface area contributed by atoms with Crippen molar-refractivity contribution in [2.45, 2.75) is 5.92 Å². The summed E-state index contributed by atoms with van der Waals surface area (Å²) in [6.07, 6.45) is -0.459. The van der Waals surface area contributed by atoms with Crippen molar-refractivity contribution in [3.8, 4) is 16.9 Å². The number of carbonyl (C=O) groups is 1. The minimum absolute atomic E-state index is 0.0216. The van der Waals surface area contributed by atoms with Gasteiger partial charge >= 0.3 is 6.09 Å². The number of hydrogen-bond acceptors (Lipinski definition) is 13. The number of fused-ring (bicyclic) bond motifs is 3. The third kappa shape index (κ3) is 16.4. The summed E-state index contributed by atoms with van der Waals surface area (Å²) in [7, 11) is 0. The predicted molar refractivity (Wildman–Crippen MR) is 198 cm³/mol. The molecule has 0 atom stereocenters. The highest BCUT2D eigenvalue weighted by molar-refractivity contribution is 5.79. The summed E-state index contributed by atoms with van der Waals surface area (Å²) < 4.78 is 54.9. The second-order valence-corrected chi connectivity index (χ2v) is 11.8. The van der Waals surface area contributed by atoms with Crippen molar-refractivity contribution in [1.29, 1.82) is 0 Å². The van der Waals surface area contributed by atoms with Gasteiger partial charge in [-0.15, -0.1) is 0 Å². The molecule has 0 spiro atoms. The third-order valence-corrected chi connectivity index (χ3v) is 8.01. The molecule has 4 rings (SSSR count). The van der Waals surface area contributed by atoms with E-state index in [1.54, 1.807) is 12.1 Å². The van der Waals surface area contributed by atoms with Crippen LogP contribution in [0.2, 0.25) is 0 Å². The van der Waals surface area contributed by atoms with E-state index in [0.29, 0.717) is 125 Å². The summed E-state index contributed by atoms with van der Waals surface area (Å²) in [5, 5.41) is 13.4. The van der Waals surface area contributed by atoms with Gasteiger partial charge in [0, 0.05) is 24.6 Å². The second kappa shape index (κ2) is 26.6. The number of nitro groups is 1. The van der Waals surface area contributed by atoms with Crippen LogP contribution in [-0.2, 0) is 42.6 Å². The largest absolute Gasteiger partial charge is 0.491 e. The highest BCUT2D eigenvalue weighted by Gasteiger charge is 2.28. The van der Waals surface area contributed by atoms with E-state index in [9.17, 15) is 14.9 Å². The lowest BCUT2D eigenvalue weighted by Gasteiger charge is -2.14. The predicted octanol–water partition coefficient (Wildman–Crippen LogP) is 4.65. The van der Waals surface area contributed by atoms with Crippen LogP contribution in [0.3, 0.4) is 0 Å². The number of nitrogens with one attached hydrogen (secondary N) is 1. The standard InChI is InChI=1S/C39H52N2O13/c42-39(54-31-38-36-7-3-1-5-34(36)35-6-2-4-8-37(35)38)40-13-14-45-15-16-46-17-18-47-19-20-48-21-22-49-23-24-50-25-26-51-27-28-52-29-30-53-33-11-9-32(10-12-33)41(43)44/h1-12,38H,13-31H2,(H,40,42). The number of ether oxygens (including phenoxy) is 10. The Labute approximate surface area is 316 Å². The van der Waals surface area contributed by atoms with Crippen molar-refractivity contribution in [1.82, 2.24) is 5.32 Å². The lowest BCUT2D eigenvalue weighted by Crippen LogP contribution is -2.29. The third-order valence-electron chi connectivity index (χ3n) is 8.01. The molecule has 0 aromatic heterocycles. The van der Waals surface area contributed by atoms with Crippen LogP contribution >= 0.6 is 0 Å². The molecule has 0 saturated carbocycles. The highest BCUT2D eigenvalue weighted by atomic mass is 16.6. The van der Waals surface area contributed by atoms with Gasteiger partial charge in [0.15, 0.2) is 0 Å². The molecule has 0 unspecified atom stereocenters. The molecule has 3 aromatic carbocycles. The Bertz CT molecular complexity index is 1430. The first kappa shape index (κ1) is 42.6. The number of hydrogen-bond donors (Lipinski definition) is 1. The van der Waals surface area contributed by atoms with Crippen LogP contribution in [0.1, 0.15) is 17.0 Å².